The van der Waals surface area contributed by atoms with E-state index in [1.807, 2.05) is 18.2 Å². The van der Waals surface area contributed by atoms with Gasteiger partial charge in [-0.1, -0.05) is 60.7 Å². The molecule has 0 spiro atoms. The first-order valence-corrected chi connectivity index (χ1v) is 15.4. The van der Waals surface area contributed by atoms with Gasteiger partial charge in [0.1, 0.15) is 11.4 Å². The number of carbonyl (C=O) groups is 2. The molecule has 1 fully saturated rings. The summed E-state index contributed by atoms with van der Waals surface area (Å²) in [6.07, 6.45) is 3.04. The molecule has 10 heteroatoms. The minimum absolute atomic E-state index is 0.0235. The van der Waals surface area contributed by atoms with E-state index in [0.29, 0.717) is 31.4 Å². The fraction of sp³-hybridized carbons (Fsp3) is 0.355. The highest BCUT2D eigenvalue weighted by molar-refractivity contribution is 7.89. The number of rotatable bonds is 11. The molecule has 0 unspecified atom stereocenters. The predicted molar refractivity (Wildman–Crippen MR) is 156 cm³/mol. The molecule has 1 atom stereocenters. The molecule has 4 rings (SSSR count). The molecule has 6 N–H and O–H groups in total. The zero-order chi connectivity index (χ0) is 29.5. The molecule has 218 valence electrons. The van der Waals surface area contributed by atoms with Crippen molar-refractivity contribution < 1.29 is 22.4 Å². The molecule has 0 aliphatic heterocycles. The highest BCUT2D eigenvalue weighted by Crippen LogP contribution is 2.38. The Morgan fingerprint density at radius 3 is 2.22 bits per heavy atom. The van der Waals surface area contributed by atoms with Gasteiger partial charge in [-0.25, -0.2) is 17.9 Å². The number of amides is 2. The summed E-state index contributed by atoms with van der Waals surface area (Å²) in [4.78, 5) is 26.8. The van der Waals surface area contributed by atoms with Gasteiger partial charge >= 0.3 is 0 Å². The summed E-state index contributed by atoms with van der Waals surface area (Å²) in [7, 11) is -3.78. The number of primary sulfonamides is 1. The Kier molecular flexibility index (Phi) is 9.90. The second-order valence-corrected chi connectivity index (χ2v) is 12.3. The van der Waals surface area contributed by atoms with Crippen LogP contribution in [0.15, 0.2) is 83.8 Å². The summed E-state index contributed by atoms with van der Waals surface area (Å²) < 4.78 is 37.1. The minimum Gasteiger partial charge on any atom is -0.354 e. The van der Waals surface area contributed by atoms with Crippen molar-refractivity contribution in [2.24, 2.45) is 10.9 Å². The molecule has 0 radical (unpaired) electrons. The van der Waals surface area contributed by atoms with Crippen LogP contribution in [0.5, 0.6) is 0 Å². The Morgan fingerprint density at radius 1 is 0.951 bits per heavy atom. The molecule has 8 nitrogen and oxygen atoms in total. The third-order valence-electron chi connectivity index (χ3n) is 7.76. The minimum atomic E-state index is -3.78. The molecule has 0 heterocycles. The van der Waals surface area contributed by atoms with Crippen molar-refractivity contribution >= 4 is 21.8 Å². The lowest BCUT2D eigenvalue weighted by Gasteiger charge is -2.40. The summed E-state index contributed by atoms with van der Waals surface area (Å²) in [6, 6.07) is 22.1. The normalized spacial score (nSPS) is 19.7. The van der Waals surface area contributed by atoms with E-state index in [1.54, 1.807) is 30.3 Å². The summed E-state index contributed by atoms with van der Waals surface area (Å²) in [6.45, 7) is 0.306. The number of carbonyl (C=O) groups excluding carboxylic acids is 2. The van der Waals surface area contributed by atoms with Gasteiger partial charge in [-0.2, -0.15) is 0 Å². The van der Waals surface area contributed by atoms with Crippen molar-refractivity contribution in [3.8, 4) is 0 Å². The number of benzene rings is 3. The Balaban J connectivity index is 1.40. The monoisotopic (exact) mass is 580 g/mol. The van der Waals surface area contributed by atoms with Crippen molar-refractivity contribution in [3.05, 3.63) is 101 Å². The van der Waals surface area contributed by atoms with Crippen LogP contribution >= 0.6 is 0 Å². The van der Waals surface area contributed by atoms with Crippen LogP contribution in [-0.4, -0.2) is 38.4 Å². The average molecular weight is 581 g/mol. The van der Waals surface area contributed by atoms with Crippen LogP contribution in [0.1, 0.15) is 54.7 Å². The van der Waals surface area contributed by atoms with Gasteiger partial charge in [-0.05, 0) is 79.3 Å². The largest absolute Gasteiger partial charge is 0.354 e. The molecular formula is C31H37FN4O4S. The van der Waals surface area contributed by atoms with E-state index in [0.717, 1.165) is 18.4 Å². The Labute approximate surface area is 240 Å². The van der Waals surface area contributed by atoms with Gasteiger partial charge in [-0.3, -0.25) is 9.59 Å². The Hall–Kier alpha value is -3.60. The van der Waals surface area contributed by atoms with Crippen molar-refractivity contribution in [1.29, 1.82) is 0 Å². The van der Waals surface area contributed by atoms with Crippen molar-refractivity contribution in [2.75, 3.05) is 6.54 Å². The average Bonchev–Trinajstić information content (AvgIpc) is 2.95. The summed E-state index contributed by atoms with van der Waals surface area (Å²) >= 11 is 0. The molecular weight excluding hydrogens is 543 g/mol. The van der Waals surface area contributed by atoms with Gasteiger partial charge in [0.2, 0.25) is 21.8 Å². The lowest BCUT2D eigenvalue weighted by Crippen LogP contribution is -2.60. The summed E-state index contributed by atoms with van der Waals surface area (Å²) in [5.74, 6) is -0.686. The smallest absolute Gasteiger partial charge is 0.245 e. The fourth-order valence-electron chi connectivity index (χ4n) is 5.49. The zero-order valence-electron chi connectivity index (χ0n) is 22.9. The summed E-state index contributed by atoms with van der Waals surface area (Å²) in [5, 5.41) is 11.1. The van der Waals surface area contributed by atoms with Crippen LogP contribution in [-0.2, 0) is 32.5 Å². The SMILES string of the molecule is N[C@@H](CC(=O)NC1(C(=O)NCCc2ccc(S(N)(=O)=O)cc2)CCC(c2ccccc2)CC1)Cc1ccccc1F. The zero-order valence-corrected chi connectivity index (χ0v) is 23.7. The van der Waals surface area contributed by atoms with Crippen molar-refractivity contribution in [2.45, 2.75) is 67.3 Å². The molecule has 0 aromatic heterocycles. The maximum atomic E-state index is 14.1. The standard InChI is InChI=1S/C31H37FN4O4S/c32-28-9-5-4-8-25(28)20-26(33)21-29(37)36-31(17-14-24(15-18-31)23-6-2-1-3-7-23)30(38)35-19-16-22-10-12-27(13-11-22)41(34,39)40/h1-13,24,26H,14-21,33H2,(H,35,38)(H,36,37)(H2,34,39,40)/t24?,26-,31?/m1/s1. The number of sulfonamides is 1. The number of nitrogens with two attached hydrogens (primary N) is 2. The number of hydrogen-bond donors (Lipinski definition) is 4. The van der Waals surface area contributed by atoms with Gasteiger partial charge < -0.3 is 16.4 Å². The molecule has 3 aromatic rings. The molecule has 1 saturated carbocycles. The lowest BCUT2D eigenvalue weighted by atomic mass is 9.73. The highest BCUT2D eigenvalue weighted by Gasteiger charge is 2.43. The van der Waals surface area contributed by atoms with E-state index in [2.05, 4.69) is 22.8 Å². The molecule has 3 aromatic carbocycles. The topological polar surface area (TPSA) is 144 Å². The molecule has 0 bridgehead atoms. The molecule has 2 amide bonds. The second kappa shape index (κ2) is 13.4. The first-order valence-electron chi connectivity index (χ1n) is 13.8. The lowest BCUT2D eigenvalue weighted by molar-refractivity contribution is -0.135. The number of nitrogens with one attached hydrogen (secondary N) is 2. The first kappa shape index (κ1) is 30.4. The maximum Gasteiger partial charge on any atom is 0.245 e. The summed E-state index contributed by atoms with van der Waals surface area (Å²) in [5.41, 5.74) is 7.61. The van der Waals surface area contributed by atoms with E-state index in [9.17, 15) is 22.4 Å². The van der Waals surface area contributed by atoms with Gasteiger partial charge in [0.05, 0.1) is 4.90 Å². The maximum absolute atomic E-state index is 14.1. The third kappa shape index (κ3) is 8.22. The Morgan fingerprint density at radius 2 is 1.59 bits per heavy atom. The van der Waals surface area contributed by atoms with Crippen LogP contribution in [0.3, 0.4) is 0 Å². The molecule has 1 aliphatic rings. The van der Waals surface area contributed by atoms with E-state index >= 15 is 0 Å². The van der Waals surface area contributed by atoms with E-state index in [-0.39, 0.29) is 41.3 Å². The van der Waals surface area contributed by atoms with Crippen LogP contribution in [0.2, 0.25) is 0 Å². The van der Waals surface area contributed by atoms with Gasteiger partial charge in [-0.15, -0.1) is 0 Å². The van der Waals surface area contributed by atoms with Crippen LogP contribution in [0.4, 0.5) is 4.39 Å². The van der Waals surface area contributed by atoms with E-state index in [4.69, 9.17) is 10.9 Å². The van der Waals surface area contributed by atoms with Gasteiger partial charge in [0, 0.05) is 19.0 Å². The van der Waals surface area contributed by atoms with Crippen LogP contribution < -0.4 is 21.5 Å². The van der Waals surface area contributed by atoms with Crippen molar-refractivity contribution in [3.63, 3.8) is 0 Å². The van der Waals surface area contributed by atoms with Gasteiger partial charge in [0.25, 0.3) is 0 Å². The fourth-order valence-corrected chi connectivity index (χ4v) is 6.00. The highest BCUT2D eigenvalue weighted by atomic mass is 32.2. The van der Waals surface area contributed by atoms with Crippen LogP contribution in [0, 0.1) is 5.82 Å². The molecule has 0 saturated heterocycles. The number of hydrogen-bond acceptors (Lipinski definition) is 5. The molecule has 41 heavy (non-hydrogen) atoms. The van der Waals surface area contributed by atoms with Crippen molar-refractivity contribution in [1.82, 2.24) is 10.6 Å². The van der Waals surface area contributed by atoms with E-state index in [1.165, 1.54) is 23.8 Å². The van der Waals surface area contributed by atoms with Gasteiger partial charge in [0.15, 0.2) is 0 Å². The number of halogens is 1. The quantitative estimate of drug-likeness (QED) is 0.275. The van der Waals surface area contributed by atoms with Crippen LogP contribution in [0.25, 0.3) is 0 Å². The third-order valence-corrected chi connectivity index (χ3v) is 8.69. The predicted octanol–water partition coefficient (Wildman–Crippen LogP) is 3.30. The molecule has 1 aliphatic carbocycles. The first-order chi connectivity index (χ1) is 19.6. The second-order valence-electron chi connectivity index (χ2n) is 10.8. The van der Waals surface area contributed by atoms with E-state index < -0.39 is 21.6 Å². The Bertz CT molecular complexity index is 1440.